The molecule has 0 radical (unpaired) electrons. The van der Waals surface area contributed by atoms with Crippen LogP contribution in [0.1, 0.15) is 19.4 Å². The lowest BCUT2D eigenvalue weighted by Crippen LogP contribution is -2.33. The van der Waals surface area contributed by atoms with Crippen LogP contribution in [0.2, 0.25) is 0 Å². The lowest BCUT2D eigenvalue weighted by atomic mass is 10.1. The summed E-state index contributed by atoms with van der Waals surface area (Å²) in [6, 6.07) is 6.63. The van der Waals surface area contributed by atoms with E-state index in [9.17, 15) is 5.11 Å². The van der Waals surface area contributed by atoms with Crippen LogP contribution in [0.4, 0.5) is 5.69 Å². The van der Waals surface area contributed by atoms with E-state index in [2.05, 4.69) is 29.7 Å². The van der Waals surface area contributed by atoms with E-state index in [0.717, 1.165) is 31.0 Å². The zero-order valence-electron chi connectivity index (χ0n) is 11.1. The number of hydrogen-bond acceptors (Lipinski definition) is 4. The predicted octanol–water partition coefficient (Wildman–Crippen LogP) is 1.39. The maximum absolute atomic E-state index is 9.24. The van der Waals surface area contributed by atoms with Gasteiger partial charge in [-0.1, -0.05) is 6.07 Å². The molecule has 0 saturated carbocycles. The van der Waals surface area contributed by atoms with E-state index >= 15 is 0 Å². The minimum Gasteiger partial charge on any atom is -0.490 e. The first-order valence-corrected chi connectivity index (χ1v) is 6.56. The van der Waals surface area contributed by atoms with Gasteiger partial charge in [-0.2, -0.15) is 0 Å². The number of aliphatic hydroxyl groups excluding tert-OH is 1. The van der Waals surface area contributed by atoms with Crippen LogP contribution in [-0.4, -0.2) is 36.9 Å². The fourth-order valence-electron chi connectivity index (χ4n) is 2.11. The minimum atomic E-state index is -0.300. The molecule has 1 aliphatic rings. The second kappa shape index (κ2) is 6.07. The molecule has 2 rings (SSSR count). The van der Waals surface area contributed by atoms with Gasteiger partial charge in [0.05, 0.1) is 11.8 Å². The average Bonchev–Trinajstić information content (AvgIpc) is 2.36. The van der Waals surface area contributed by atoms with Gasteiger partial charge in [0.2, 0.25) is 0 Å². The number of benzene rings is 1. The number of rotatable bonds is 5. The van der Waals surface area contributed by atoms with Gasteiger partial charge in [-0.05, 0) is 38.0 Å². The first-order chi connectivity index (χ1) is 8.65. The maximum Gasteiger partial charge on any atom is 0.142 e. The maximum atomic E-state index is 9.24. The number of anilines is 1. The summed E-state index contributed by atoms with van der Waals surface area (Å²) in [6.45, 7) is 6.16. The predicted molar refractivity (Wildman–Crippen MR) is 73.3 cm³/mol. The summed E-state index contributed by atoms with van der Waals surface area (Å²) in [5, 5.41) is 15.9. The van der Waals surface area contributed by atoms with Crippen LogP contribution in [0, 0.1) is 0 Å². The molecule has 2 atom stereocenters. The van der Waals surface area contributed by atoms with Crippen molar-refractivity contribution in [2.45, 2.75) is 32.4 Å². The molecule has 1 aromatic carbocycles. The summed E-state index contributed by atoms with van der Waals surface area (Å²) in [5.41, 5.74) is 2.36. The van der Waals surface area contributed by atoms with Crippen molar-refractivity contribution in [1.29, 1.82) is 0 Å². The fourth-order valence-corrected chi connectivity index (χ4v) is 2.11. The van der Waals surface area contributed by atoms with Gasteiger partial charge in [0.1, 0.15) is 12.4 Å². The summed E-state index contributed by atoms with van der Waals surface area (Å²) >= 11 is 0. The Labute approximate surface area is 108 Å². The van der Waals surface area contributed by atoms with E-state index < -0.39 is 0 Å². The molecule has 18 heavy (non-hydrogen) atoms. The Bertz CT molecular complexity index is 393. The van der Waals surface area contributed by atoms with Crippen molar-refractivity contribution in [3.05, 3.63) is 23.8 Å². The SMILES string of the molecule is CC(O)CNC(C)Cc1ccc2c(c1)NCCO2. The van der Waals surface area contributed by atoms with E-state index in [4.69, 9.17) is 4.74 Å². The zero-order valence-corrected chi connectivity index (χ0v) is 11.1. The van der Waals surface area contributed by atoms with Gasteiger partial charge in [-0.3, -0.25) is 0 Å². The smallest absolute Gasteiger partial charge is 0.142 e. The summed E-state index contributed by atoms with van der Waals surface area (Å²) in [5.74, 6) is 0.939. The molecule has 4 heteroatoms. The molecule has 0 fully saturated rings. The third kappa shape index (κ3) is 3.62. The molecule has 4 nitrogen and oxygen atoms in total. The second-order valence-electron chi connectivity index (χ2n) is 4.97. The van der Waals surface area contributed by atoms with Crippen molar-refractivity contribution in [3.8, 4) is 5.75 Å². The Hall–Kier alpha value is -1.26. The highest BCUT2D eigenvalue weighted by Gasteiger charge is 2.11. The molecule has 0 spiro atoms. The fraction of sp³-hybridized carbons (Fsp3) is 0.571. The van der Waals surface area contributed by atoms with Crippen molar-refractivity contribution < 1.29 is 9.84 Å². The third-order valence-corrected chi connectivity index (χ3v) is 3.02. The third-order valence-electron chi connectivity index (χ3n) is 3.02. The molecule has 3 N–H and O–H groups in total. The summed E-state index contributed by atoms with van der Waals surface area (Å²) < 4.78 is 5.55. The van der Waals surface area contributed by atoms with Crippen LogP contribution in [0.25, 0.3) is 0 Å². The van der Waals surface area contributed by atoms with Gasteiger partial charge in [-0.15, -0.1) is 0 Å². The molecule has 0 amide bonds. The Kier molecular flexibility index (Phi) is 4.44. The van der Waals surface area contributed by atoms with Gasteiger partial charge >= 0.3 is 0 Å². The van der Waals surface area contributed by atoms with E-state index in [1.165, 1.54) is 5.56 Å². The Morgan fingerprint density at radius 3 is 3.06 bits per heavy atom. The normalized spacial score (nSPS) is 17.3. The van der Waals surface area contributed by atoms with E-state index in [1.807, 2.05) is 6.07 Å². The van der Waals surface area contributed by atoms with Gasteiger partial charge < -0.3 is 20.5 Å². The van der Waals surface area contributed by atoms with Crippen molar-refractivity contribution in [2.24, 2.45) is 0 Å². The van der Waals surface area contributed by atoms with Gasteiger partial charge in [0, 0.05) is 19.1 Å². The zero-order chi connectivity index (χ0) is 13.0. The van der Waals surface area contributed by atoms with Gasteiger partial charge in [-0.25, -0.2) is 0 Å². The summed E-state index contributed by atoms with van der Waals surface area (Å²) in [6.07, 6.45) is 0.646. The van der Waals surface area contributed by atoms with Crippen LogP contribution in [0.15, 0.2) is 18.2 Å². The molecule has 0 aromatic heterocycles. The quantitative estimate of drug-likeness (QED) is 0.739. The van der Waals surface area contributed by atoms with Crippen LogP contribution in [0.3, 0.4) is 0 Å². The topological polar surface area (TPSA) is 53.5 Å². The Morgan fingerprint density at radius 2 is 2.28 bits per heavy atom. The van der Waals surface area contributed by atoms with Crippen molar-refractivity contribution in [1.82, 2.24) is 5.32 Å². The highest BCUT2D eigenvalue weighted by molar-refractivity contribution is 5.59. The monoisotopic (exact) mass is 250 g/mol. The van der Waals surface area contributed by atoms with E-state index in [0.29, 0.717) is 12.6 Å². The molecule has 2 unspecified atom stereocenters. The number of ether oxygens (including phenoxy) is 1. The minimum absolute atomic E-state index is 0.300. The first kappa shape index (κ1) is 13.2. The number of hydrogen-bond donors (Lipinski definition) is 3. The van der Waals surface area contributed by atoms with Crippen molar-refractivity contribution in [3.63, 3.8) is 0 Å². The molecule has 0 bridgehead atoms. The summed E-state index contributed by atoms with van der Waals surface area (Å²) in [4.78, 5) is 0. The summed E-state index contributed by atoms with van der Waals surface area (Å²) in [7, 11) is 0. The average molecular weight is 250 g/mol. The lowest BCUT2D eigenvalue weighted by Gasteiger charge is -2.21. The number of fused-ring (bicyclic) bond motifs is 1. The number of aliphatic hydroxyl groups is 1. The molecule has 1 aromatic rings. The second-order valence-corrected chi connectivity index (χ2v) is 4.97. The van der Waals surface area contributed by atoms with Crippen molar-refractivity contribution in [2.75, 3.05) is 25.0 Å². The molecule has 1 heterocycles. The standard InChI is InChI=1S/C14H22N2O2/c1-10(16-9-11(2)17)7-12-3-4-14-13(8-12)15-5-6-18-14/h3-4,8,10-11,15-17H,5-7,9H2,1-2H3. The highest BCUT2D eigenvalue weighted by Crippen LogP contribution is 2.28. The molecular weight excluding hydrogens is 228 g/mol. The van der Waals surface area contributed by atoms with E-state index in [1.54, 1.807) is 6.92 Å². The lowest BCUT2D eigenvalue weighted by molar-refractivity contribution is 0.187. The van der Waals surface area contributed by atoms with Crippen molar-refractivity contribution >= 4 is 5.69 Å². The first-order valence-electron chi connectivity index (χ1n) is 6.56. The molecule has 100 valence electrons. The van der Waals surface area contributed by atoms with Crippen LogP contribution in [0.5, 0.6) is 5.75 Å². The molecule has 0 aliphatic carbocycles. The largest absolute Gasteiger partial charge is 0.490 e. The van der Waals surface area contributed by atoms with Crippen LogP contribution < -0.4 is 15.4 Å². The van der Waals surface area contributed by atoms with Crippen LogP contribution in [-0.2, 0) is 6.42 Å². The Balaban J connectivity index is 1.93. The molecular formula is C14H22N2O2. The highest BCUT2D eigenvalue weighted by atomic mass is 16.5. The van der Waals surface area contributed by atoms with Gasteiger partial charge in [0.25, 0.3) is 0 Å². The Morgan fingerprint density at radius 1 is 1.44 bits per heavy atom. The van der Waals surface area contributed by atoms with Crippen LogP contribution >= 0.6 is 0 Å². The molecule has 0 saturated heterocycles. The van der Waals surface area contributed by atoms with E-state index in [-0.39, 0.29) is 6.10 Å². The number of nitrogens with one attached hydrogen (secondary N) is 2. The van der Waals surface area contributed by atoms with Gasteiger partial charge in [0.15, 0.2) is 0 Å². The molecule has 1 aliphatic heterocycles.